The third-order valence-electron chi connectivity index (χ3n) is 3.75. The quantitative estimate of drug-likeness (QED) is 0.360. The van der Waals surface area contributed by atoms with Crippen LogP contribution in [0.4, 0.5) is 10.5 Å². The first-order valence-electron chi connectivity index (χ1n) is 7.88. The van der Waals surface area contributed by atoms with Crippen LogP contribution in [0.15, 0.2) is 24.3 Å². The van der Waals surface area contributed by atoms with Crippen LogP contribution in [0.2, 0.25) is 0 Å². The Hall–Kier alpha value is -2.77. The van der Waals surface area contributed by atoms with E-state index in [4.69, 9.17) is 4.74 Å². The van der Waals surface area contributed by atoms with Gasteiger partial charge in [-0.2, -0.15) is 0 Å². The van der Waals surface area contributed by atoms with E-state index in [2.05, 4.69) is 0 Å². The molecule has 0 saturated carbocycles. The molecule has 0 aliphatic carbocycles. The maximum atomic E-state index is 12.6. The smallest absolute Gasteiger partial charge is 0.410 e. The monoisotopic (exact) mass is 348 g/mol. The van der Waals surface area contributed by atoms with Crippen LogP contribution in [0.1, 0.15) is 37.6 Å². The highest BCUT2D eigenvalue weighted by Crippen LogP contribution is 2.22. The van der Waals surface area contributed by atoms with Gasteiger partial charge in [-0.1, -0.05) is 0 Å². The van der Waals surface area contributed by atoms with E-state index in [1.807, 2.05) is 0 Å². The number of likely N-dealkylation sites (tertiary alicyclic amines) is 1. The van der Waals surface area contributed by atoms with Gasteiger partial charge in [0.15, 0.2) is 5.78 Å². The summed E-state index contributed by atoms with van der Waals surface area (Å²) >= 11 is 0. The fraction of sp³-hybridized carbons (Fsp3) is 0.471. The second kappa shape index (κ2) is 7.00. The summed E-state index contributed by atoms with van der Waals surface area (Å²) in [6.07, 6.45) is -0.496. The zero-order chi connectivity index (χ0) is 18.8. The minimum atomic E-state index is -0.984. The van der Waals surface area contributed by atoms with E-state index in [1.165, 1.54) is 29.2 Å². The predicted octanol–water partition coefficient (Wildman–Crippen LogP) is 2.60. The maximum absolute atomic E-state index is 12.6. The highest BCUT2D eigenvalue weighted by atomic mass is 16.6. The number of nitrogens with zero attached hydrogens (tertiary/aromatic N) is 2. The summed E-state index contributed by atoms with van der Waals surface area (Å²) in [4.78, 5) is 48.3. The number of ketones is 2. The molecule has 1 saturated heterocycles. The number of non-ortho nitro benzene ring substituents is 1. The molecule has 8 nitrogen and oxygen atoms in total. The molecule has 1 fully saturated rings. The van der Waals surface area contributed by atoms with Crippen molar-refractivity contribution in [3.05, 3.63) is 39.9 Å². The van der Waals surface area contributed by atoms with Gasteiger partial charge in [0.05, 0.1) is 10.8 Å². The van der Waals surface area contributed by atoms with Gasteiger partial charge in [-0.3, -0.25) is 19.7 Å². The van der Waals surface area contributed by atoms with Crippen LogP contribution in [-0.2, 0) is 9.53 Å². The zero-order valence-electron chi connectivity index (χ0n) is 14.4. The molecule has 25 heavy (non-hydrogen) atoms. The van der Waals surface area contributed by atoms with Crippen LogP contribution >= 0.6 is 0 Å². The number of carbonyl (C=O) groups excluding carboxylic acids is 3. The third-order valence-corrected chi connectivity index (χ3v) is 3.75. The molecule has 2 rings (SSSR count). The van der Waals surface area contributed by atoms with Gasteiger partial charge in [0.25, 0.3) is 5.69 Å². The largest absolute Gasteiger partial charge is 0.444 e. The highest BCUT2D eigenvalue weighted by molar-refractivity contribution is 6.11. The zero-order valence-corrected chi connectivity index (χ0v) is 14.4. The topological polar surface area (TPSA) is 107 Å². The van der Waals surface area contributed by atoms with Gasteiger partial charge in [-0.25, -0.2) is 4.79 Å². The maximum Gasteiger partial charge on any atom is 0.410 e. The Morgan fingerprint density at radius 2 is 1.84 bits per heavy atom. The molecule has 1 atom stereocenters. The Morgan fingerprint density at radius 3 is 2.36 bits per heavy atom. The molecule has 0 aromatic heterocycles. The van der Waals surface area contributed by atoms with Gasteiger partial charge in [-0.15, -0.1) is 0 Å². The van der Waals surface area contributed by atoms with Crippen molar-refractivity contribution >= 4 is 23.3 Å². The molecule has 1 aromatic carbocycles. The molecule has 1 aliphatic heterocycles. The first-order valence-corrected chi connectivity index (χ1v) is 7.88. The molecule has 1 aromatic rings. The Morgan fingerprint density at radius 1 is 1.24 bits per heavy atom. The van der Waals surface area contributed by atoms with Crippen molar-refractivity contribution in [1.82, 2.24) is 4.90 Å². The number of benzene rings is 1. The molecule has 1 unspecified atom stereocenters. The van der Waals surface area contributed by atoms with Gasteiger partial charge < -0.3 is 9.64 Å². The molecule has 8 heteroatoms. The number of nitro groups is 1. The van der Waals surface area contributed by atoms with Gasteiger partial charge in [0.2, 0.25) is 0 Å². The van der Waals surface area contributed by atoms with E-state index in [0.717, 1.165) is 0 Å². The van der Waals surface area contributed by atoms with Crippen LogP contribution in [0.25, 0.3) is 0 Å². The normalized spacial score (nSPS) is 18.0. The number of carbonyl (C=O) groups is 3. The summed E-state index contributed by atoms with van der Waals surface area (Å²) in [5, 5.41) is 10.7. The minimum absolute atomic E-state index is 0.0520. The molecule has 1 amide bonds. The van der Waals surface area contributed by atoms with E-state index in [9.17, 15) is 24.5 Å². The second-order valence-electron chi connectivity index (χ2n) is 6.86. The van der Waals surface area contributed by atoms with Crippen molar-refractivity contribution in [2.45, 2.75) is 32.8 Å². The van der Waals surface area contributed by atoms with Crippen LogP contribution in [-0.4, -0.2) is 46.2 Å². The van der Waals surface area contributed by atoms with E-state index >= 15 is 0 Å². The van der Waals surface area contributed by atoms with Gasteiger partial charge in [0.1, 0.15) is 11.4 Å². The van der Waals surface area contributed by atoms with E-state index in [1.54, 1.807) is 20.8 Å². The molecular weight excluding hydrogens is 328 g/mol. The van der Waals surface area contributed by atoms with E-state index in [-0.39, 0.29) is 36.5 Å². The lowest BCUT2D eigenvalue weighted by Gasteiger charge is -2.32. The SMILES string of the molecule is CC(C)(C)OC(=O)N1CCC(=O)C(C(=O)c2ccc([N+](=O)[O-])cc2)C1. The first-order chi connectivity index (χ1) is 11.6. The lowest BCUT2D eigenvalue weighted by molar-refractivity contribution is -0.384. The van der Waals surface area contributed by atoms with Crippen molar-refractivity contribution in [2.24, 2.45) is 5.92 Å². The molecular formula is C17H20N2O6. The highest BCUT2D eigenvalue weighted by Gasteiger charge is 2.36. The lowest BCUT2D eigenvalue weighted by atomic mass is 9.89. The predicted molar refractivity (Wildman–Crippen MR) is 88.3 cm³/mol. The Labute approximate surface area is 144 Å². The van der Waals surface area contributed by atoms with Gasteiger partial charge in [0, 0.05) is 37.2 Å². The van der Waals surface area contributed by atoms with E-state index in [0.29, 0.717) is 0 Å². The number of rotatable bonds is 3. The summed E-state index contributed by atoms with van der Waals surface area (Å²) in [5.41, 5.74) is -0.604. The van der Waals surface area contributed by atoms with E-state index < -0.39 is 28.3 Å². The summed E-state index contributed by atoms with van der Waals surface area (Å²) < 4.78 is 5.28. The number of amides is 1. The minimum Gasteiger partial charge on any atom is -0.444 e. The van der Waals surface area contributed by atoms with Crippen molar-refractivity contribution in [3.63, 3.8) is 0 Å². The first kappa shape index (κ1) is 18.6. The van der Waals surface area contributed by atoms with Crippen LogP contribution < -0.4 is 0 Å². The molecule has 0 N–H and O–H groups in total. The summed E-state index contributed by atoms with van der Waals surface area (Å²) in [7, 11) is 0. The summed E-state index contributed by atoms with van der Waals surface area (Å²) in [6, 6.07) is 5.07. The van der Waals surface area contributed by atoms with Crippen molar-refractivity contribution < 1.29 is 24.0 Å². The summed E-state index contributed by atoms with van der Waals surface area (Å²) in [5.74, 6) is -1.68. The van der Waals surface area contributed by atoms with Crippen LogP contribution in [0, 0.1) is 16.0 Å². The second-order valence-corrected chi connectivity index (χ2v) is 6.86. The Kier molecular flexibility index (Phi) is 5.20. The average molecular weight is 348 g/mol. The standard InChI is InChI=1S/C17H20N2O6/c1-17(2,3)25-16(22)18-9-8-14(20)13(10-18)15(21)11-4-6-12(7-5-11)19(23)24/h4-7,13H,8-10H2,1-3H3. The number of ether oxygens (including phenoxy) is 1. The van der Waals surface area contributed by atoms with Crippen molar-refractivity contribution in [3.8, 4) is 0 Å². The van der Waals surface area contributed by atoms with Gasteiger partial charge >= 0.3 is 6.09 Å². The molecule has 0 spiro atoms. The number of nitro benzene ring substituents is 1. The molecule has 1 heterocycles. The Bertz CT molecular complexity index is 705. The fourth-order valence-electron chi connectivity index (χ4n) is 2.50. The van der Waals surface area contributed by atoms with Crippen molar-refractivity contribution in [1.29, 1.82) is 0 Å². The average Bonchev–Trinajstić information content (AvgIpc) is 2.53. The molecule has 134 valence electrons. The molecule has 0 radical (unpaired) electrons. The number of Topliss-reactive ketones (excluding diaryl/α,β-unsaturated/α-hetero) is 2. The fourth-order valence-corrected chi connectivity index (χ4v) is 2.50. The Balaban J connectivity index is 2.13. The number of hydrogen-bond acceptors (Lipinski definition) is 6. The lowest BCUT2D eigenvalue weighted by Crippen LogP contribution is -2.48. The third kappa shape index (κ3) is 4.62. The number of hydrogen-bond donors (Lipinski definition) is 0. The number of piperidine rings is 1. The van der Waals surface area contributed by atoms with Crippen molar-refractivity contribution in [2.75, 3.05) is 13.1 Å². The van der Waals surface area contributed by atoms with Crippen LogP contribution in [0.3, 0.4) is 0 Å². The van der Waals surface area contributed by atoms with Crippen LogP contribution in [0.5, 0.6) is 0 Å². The summed E-state index contributed by atoms with van der Waals surface area (Å²) in [6.45, 7) is 5.36. The molecule has 0 bridgehead atoms. The molecule has 1 aliphatic rings. The van der Waals surface area contributed by atoms with Gasteiger partial charge in [-0.05, 0) is 32.9 Å².